The van der Waals surface area contributed by atoms with Crippen LogP contribution in [0.15, 0.2) is 35.4 Å². The average Bonchev–Trinajstić information content (AvgIpc) is 3.00. The highest BCUT2D eigenvalue weighted by molar-refractivity contribution is 6.37. The molecule has 0 radical (unpaired) electrons. The fraction of sp³-hybridized carbons (Fsp3) is 0.400. The number of morpholine rings is 1. The lowest BCUT2D eigenvalue weighted by molar-refractivity contribution is 0.100. The average molecular weight is 421 g/mol. The third-order valence-corrected chi connectivity index (χ3v) is 6.35. The van der Waals surface area contributed by atoms with Crippen molar-refractivity contribution in [2.45, 2.75) is 18.8 Å². The summed E-state index contributed by atoms with van der Waals surface area (Å²) in [5, 5.41) is 0.338. The van der Waals surface area contributed by atoms with Gasteiger partial charge < -0.3 is 19.9 Å². The molecule has 2 unspecified atom stereocenters. The summed E-state index contributed by atoms with van der Waals surface area (Å²) in [7, 11) is 0. The monoisotopic (exact) mass is 420 g/mol. The van der Waals surface area contributed by atoms with E-state index in [1.165, 1.54) is 0 Å². The van der Waals surface area contributed by atoms with E-state index in [4.69, 9.17) is 33.7 Å². The molecule has 1 aliphatic heterocycles. The topological polar surface area (TPSA) is 73.4 Å². The Labute approximate surface area is 173 Å². The van der Waals surface area contributed by atoms with Crippen LogP contribution in [0.4, 0.5) is 5.69 Å². The van der Waals surface area contributed by atoms with E-state index in [9.17, 15) is 4.79 Å². The molecule has 2 atom stereocenters. The van der Waals surface area contributed by atoms with Gasteiger partial charge in [0.15, 0.2) is 0 Å². The number of aryl methyl sites for hydroxylation is 1. The van der Waals surface area contributed by atoms with E-state index in [0.717, 1.165) is 30.1 Å². The predicted octanol–water partition coefficient (Wildman–Crippen LogP) is 3.20. The van der Waals surface area contributed by atoms with Crippen molar-refractivity contribution >= 4 is 45.8 Å². The van der Waals surface area contributed by atoms with E-state index >= 15 is 0 Å². The number of hydrogen-bond acceptors (Lipinski definition) is 4. The number of imidazole rings is 1. The van der Waals surface area contributed by atoms with Crippen LogP contribution in [-0.4, -0.2) is 47.1 Å². The van der Waals surface area contributed by atoms with E-state index in [1.807, 2.05) is 25.1 Å². The summed E-state index contributed by atoms with van der Waals surface area (Å²) in [6.07, 6.45) is 5.79. The van der Waals surface area contributed by atoms with Gasteiger partial charge in [0, 0.05) is 36.3 Å². The lowest BCUT2D eigenvalue weighted by Gasteiger charge is -2.29. The number of aromatic nitrogens is 2. The summed E-state index contributed by atoms with van der Waals surface area (Å²) in [5.74, 6) is 0.349. The summed E-state index contributed by atoms with van der Waals surface area (Å²) in [5.41, 5.74) is 8.55. The Balaban J connectivity index is 1.79. The summed E-state index contributed by atoms with van der Waals surface area (Å²) in [4.78, 5) is 19.0. The minimum atomic E-state index is -0.483. The number of carbonyl (C=O) groups is 1. The number of halogens is 2. The number of ether oxygens (including phenoxy) is 1. The smallest absolute Gasteiger partial charge is 0.251 e. The quantitative estimate of drug-likeness (QED) is 0.770. The van der Waals surface area contributed by atoms with Crippen molar-refractivity contribution in [1.82, 2.24) is 9.55 Å². The molecule has 2 aliphatic rings. The zero-order valence-corrected chi connectivity index (χ0v) is 17.1. The van der Waals surface area contributed by atoms with Gasteiger partial charge in [0.1, 0.15) is 11.3 Å². The van der Waals surface area contributed by atoms with Gasteiger partial charge >= 0.3 is 0 Å². The molecule has 1 saturated heterocycles. The van der Waals surface area contributed by atoms with Crippen LogP contribution < -0.4 is 10.6 Å². The largest absolute Gasteiger partial charge is 0.378 e. The third-order valence-electron chi connectivity index (χ3n) is 5.32. The number of nitrogens with zero attached hydrogens (tertiary/aromatic N) is 3. The molecule has 148 valence electrons. The van der Waals surface area contributed by atoms with Gasteiger partial charge in [-0.3, -0.25) is 4.79 Å². The van der Waals surface area contributed by atoms with E-state index in [1.54, 1.807) is 0 Å². The van der Waals surface area contributed by atoms with Crippen LogP contribution in [0.1, 0.15) is 16.2 Å². The fourth-order valence-electron chi connectivity index (χ4n) is 3.79. The van der Waals surface area contributed by atoms with E-state index in [-0.39, 0.29) is 11.3 Å². The Morgan fingerprint density at radius 2 is 2.11 bits per heavy atom. The van der Waals surface area contributed by atoms with Crippen molar-refractivity contribution < 1.29 is 9.53 Å². The van der Waals surface area contributed by atoms with Crippen LogP contribution in [0.5, 0.6) is 0 Å². The van der Waals surface area contributed by atoms with Crippen LogP contribution in [-0.2, 0) is 11.3 Å². The second-order valence-electron chi connectivity index (χ2n) is 7.10. The zero-order chi connectivity index (χ0) is 19.8. The van der Waals surface area contributed by atoms with Crippen molar-refractivity contribution in [3.63, 3.8) is 0 Å². The number of rotatable bonds is 4. The summed E-state index contributed by atoms with van der Waals surface area (Å²) in [6, 6.07) is 3.90. The second-order valence-corrected chi connectivity index (χ2v) is 8.00. The van der Waals surface area contributed by atoms with E-state index < -0.39 is 5.91 Å². The SMILES string of the molecule is Cc1nc2c(C(N)=O)cc(N3CCOCC3)cc2n1CC1C=CC=C(Cl)C1Cl. The third kappa shape index (κ3) is 3.52. The van der Waals surface area contributed by atoms with E-state index in [2.05, 4.69) is 26.6 Å². The van der Waals surface area contributed by atoms with Gasteiger partial charge in [-0.25, -0.2) is 4.98 Å². The number of carbonyl (C=O) groups excluding carboxylic acids is 1. The Hall–Kier alpha value is -2.02. The van der Waals surface area contributed by atoms with Crippen LogP contribution in [0.2, 0.25) is 0 Å². The number of primary amides is 1. The van der Waals surface area contributed by atoms with Crippen molar-refractivity contribution in [1.29, 1.82) is 0 Å². The molecule has 0 saturated carbocycles. The maximum Gasteiger partial charge on any atom is 0.251 e. The molecular formula is C20H22Cl2N4O2. The number of fused-ring (bicyclic) bond motifs is 1. The molecule has 8 heteroatoms. The van der Waals surface area contributed by atoms with Gasteiger partial charge in [-0.15, -0.1) is 11.6 Å². The Morgan fingerprint density at radius 1 is 1.36 bits per heavy atom. The van der Waals surface area contributed by atoms with Crippen molar-refractivity contribution in [2.24, 2.45) is 11.7 Å². The molecule has 1 aromatic heterocycles. The molecule has 6 nitrogen and oxygen atoms in total. The first kappa shape index (κ1) is 19.3. The molecule has 0 bridgehead atoms. The minimum absolute atomic E-state index is 0.0272. The molecule has 0 spiro atoms. The molecule has 2 aromatic rings. The molecular weight excluding hydrogens is 399 g/mol. The minimum Gasteiger partial charge on any atom is -0.378 e. The van der Waals surface area contributed by atoms with Crippen molar-refractivity contribution in [2.75, 3.05) is 31.2 Å². The highest BCUT2D eigenvalue weighted by Gasteiger charge is 2.25. The molecule has 1 amide bonds. The first-order valence-corrected chi connectivity index (χ1v) is 10.1. The maximum absolute atomic E-state index is 12.1. The standard InChI is InChI=1S/C20H22Cl2N4O2/c1-12-24-19-15(20(23)27)9-14(25-5-7-28-8-6-25)10-17(19)26(12)11-13-3-2-4-16(21)18(13)22/h2-4,9-10,13,18H,5-8,11H2,1H3,(H2,23,27). The maximum atomic E-state index is 12.1. The number of alkyl halides is 1. The van der Waals surface area contributed by atoms with Gasteiger partial charge in [-0.1, -0.05) is 23.8 Å². The number of amides is 1. The highest BCUT2D eigenvalue weighted by Crippen LogP contribution is 2.32. The van der Waals surface area contributed by atoms with Crippen LogP contribution in [0.25, 0.3) is 11.0 Å². The number of anilines is 1. The number of nitrogens with two attached hydrogens (primary N) is 1. The van der Waals surface area contributed by atoms with Gasteiger partial charge in [0.25, 0.3) is 5.91 Å². The van der Waals surface area contributed by atoms with Crippen molar-refractivity contribution in [3.8, 4) is 0 Å². The summed E-state index contributed by atoms with van der Waals surface area (Å²) in [6.45, 7) is 5.40. The Kier molecular flexibility index (Phi) is 5.36. The number of benzene rings is 1. The van der Waals surface area contributed by atoms with Gasteiger partial charge in [0.2, 0.25) is 0 Å². The normalized spacial score (nSPS) is 22.5. The molecule has 1 fully saturated rings. The zero-order valence-electron chi connectivity index (χ0n) is 15.6. The fourth-order valence-corrected chi connectivity index (χ4v) is 4.27. The second kappa shape index (κ2) is 7.78. The van der Waals surface area contributed by atoms with Crippen LogP contribution in [0, 0.1) is 12.8 Å². The first-order valence-electron chi connectivity index (χ1n) is 9.27. The van der Waals surface area contributed by atoms with Gasteiger partial charge in [-0.2, -0.15) is 0 Å². The summed E-state index contributed by atoms with van der Waals surface area (Å²) >= 11 is 12.7. The van der Waals surface area contributed by atoms with Crippen LogP contribution in [0.3, 0.4) is 0 Å². The van der Waals surface area contributed by atoms with Gasteiger partial charge in [-0.05, 0) is 25.1 Å². The molecule has 28 heavy (non-hydrogen) atoms. The van der Waals surface area contributed by atoms with E-state index in [0.29, 0.717) is 35.9 Å². The molecule has 2 N–H and O–H groups in total. The van der Waals surface area contributed by atoms with Crippen molar-refractivity contribution in [3.05, 3.63) is 46.8 Å². The number of hydrogen-bond donors (Lipinski definition) is 1. The molecule has 1 aliphatic carbocycles. The molecule has 2 heterocycles. The predicted molar refractivity (Wildman–Crippen MR) is 112 cm³/mol. The first-order chi connectivity index (χ1) is 13.5. The lowest BCUT2D eigenvalue weighted by atomic mass is 9.99. The highest BCUT2D eigenvalue weighted by atomic mass is 35.5. The molecule has 4 rings (SSSR count). The summed E-state index contributed by atoms with van der Waals surface area (Å²) < 4.78 is 7.53. The lowest BCUT2D eigenvalue weighted by Crippen LogP contribution is -2.36. The van der Waals surface area contributed by atoms with Crippen LogP contribution >= 0.6 is 23.2 Å². The Bertz CT molecular complexity index is 976. The number of allylic oxidation sites excluding steroid dienone is 4. The van der Waals surface area contributed by atoms with Gasteiger partial charge in [0.05, 0.1) is 29.7 Å². The Morgan fingerprint density at radius 3 is 2.82 bits per heavy atom. The molecule has 1 aromatic carbocycles.